The molecule has 0 aromatic rings. The predicted octanol–water partition coefficient (Wildman–Crippen LogP) is 2.54. The highest BCUT2D eigenvalue weighted by atomic mass is 28.4. The molecule has 0 spiro atoms. The van der Waals surface area contributed by atoms with E-state index in [2.05, 4.69) is 19.8 Å². The van der Waals surface area contributed by atoms with Gasteiger partial charge in [0.1, 0.15) is 0 Å². The van der Waals surface area contributed by atoms with Crippen LogP contribution < -0.4 is 0 Å². The monoisotopic (exact) mass is 200 g/mol. The van der Waals surface area contributed by atoms with Crippen molar-refractivity contribution in [2.75, 3.05) is 13.2 Å². The van der Waals surface area contributed by atoms with Crippen LogP contribution in [0.2, 0.25) is 12.6 Å². The molecule has 0 aliphatic rings. The van der Waals surface area contributed by atoms with Gasteiger partial charge >= 0.3 is 8.56 Å². The van der Waals surface area contributed by atoms with Crippen molar-refractivity contribution in [2.45, 2.75) is 39.3 Å². The van der Waals surface area contributed by atoms with Crippen LogP contribution in [0.25, 0.3) is 0 Å². The Morgan fingerprint density at radius 3 is 1.92 bits per heavy atom. The average molecular weight is 200 g/mol. The molecule has 0 aliphatic carbocycles. The molecule has 76 valence electrons. The highest BCUT2D eigenvalue weighted by Crippen LogP contribution is 2.13. The first-order valence-corrected chi connectivity index (χ1v) is 7.42. The first-order chi connectivity index (χ1) is 6.18. The Morgan fingerprint density at radius 2 is 1.62 bits per heavy atom. The highest BCUT2D eigenvalue weighted by molar-refractivity contribution is 6.66. The number of hydrogen-bond donors (Lipinski definition) is 0. The third kappa shape index (κ3) is 5.86. The summed E-state index contributed by atoms with van der Waals surface area (Å²) in [5.41, 5.74) is 0. The van der Waals surface area contributed by atoms with Gasteiger partial charge in [-0.05, 0) is 19.4 Å². The Bertz CT molecular complexity index is 155. The fourth-order valence-corrected chi connectivity index (χ4v) is 2.90. The summed E-state index contributed by atoms with van der Waals surface area (Å²) >= 11 is 0. The molecule has 0 N–H and O–H groups in total. The first-order valence-electron chi connectivity index (χ1n) is 4.90. The molecular formula is C10H20O2Si. The molecule has 0 bridgehead atoms. The maximum absolute atomic E-state index is 5.70. The lowest BCUT2D eigenvalue weighted by Crippen LogP contribution is -2.38. The fourth-order valence-electron chi connectivity index (χ4n) is 0.965. The van der Waals surface area contributed by atoms with Crippen LogP contribution in [0.5, 0.6) is 0 Å². The van der Waals surface area contributed by atoms with Crippen LogP contribution >= 0.6 is 0 Å². The van der Waals surface area contributed by atoms with Crippen molar-refractivity contribution in [2.24, 2.45) is 0 Å². The van der Waals surface area contributed by atoms with Crippen molar-refractivity contribution >= 4 is 8.56 Å². The molecule has 0 saturated heterocycles. The topological polar surface area (TPSA) is 18.5 Å². The zero-order valence-corrected chi connectivity index (χ0v) is 9.93. The molecule has 13 heavy (non-hydrogen) atoms. The first kappa shape index (κ1) is 12.7. The van der Waals surface area contributed by atoms with E-state index in [1.54, 1.807) is 0 Å². The second-order valence-corrected chi connectivity index (χ2v) is 6.41. The molecule has 0 unspecified atom stereocenters. The standard InChI is InChI=1S/C10H20O2Si/c1-5-8-11-13(4,10-7-3)12-9-6-2/h3H,5-6,8-10H2,1-2,4H3. The summed E-state index contributed by atoms with van der Waals surface area (Å²) in [6.45, 7) is 7.73. The van der Waals surface area contributed by atoms with Gasteiger partial charge in [0, 0.05) is 13.2 Å². The van der Waals surface area contributed by atoms with E-state index in [-0.39, 0.29) is 0 Å². The smallest absolute Gasteiger partial charge is 0.347 e. The Hall–Kier alpha value is -0.303. The van der Waals surface area contributed by atoms with Crippen molar-refractivity contribution in [3.63, 3.8) is 0 Å². The number of terminal acetylenes is 1. The zero-order chi connectivity index (χ0) is 10.2. The maximum Gasteiger partial charge on any atom is 0.347 e. The van der Waals surface area contributed by atoms with Gasteiger partial charge in [-0.25, -0.2) is 0 Å². The third-order valence-corrected chi connectivity index (χ3v) is 4.12. The van der Waals surface area contributed by atoms with Gasteiger partial charge in [0.2, 0.25) is 0 Å². The Labute approximate surface area is 82.9 Å². The summed E-state index contributed by atoms with van der Waals surface area (Å²) in [4.78, 5) is 0. The van der Waals surface area contributed by atoms with Crippen LogP contribution in [0.4, 0.5) is 0 Å². The molecule has 0 atom stereocenters. The maximum atomic E-state index is 5.70. The van der Waals surface area contributed by atoms with E-state index in [9.17, 15) is 0 Å². The minimum atomic E-state index is -2.03. The zero-order valence-electron chi connectivity index (χ0n) is 8.93. The van der Waals surface area contributed by atoms with Gasteiger partial charge in [0.25, 0.3) is 0 Å². The van der Waals surface area contributed by atoms with Gasteiger partial charge in [-0.15, -0.1) is 12.3 Å². The molecular weight excluding hydrogens is 180 g/mol. The molecule has 0 rings (SSSR count). The fraction of sp³-hybridized carbons (Fsp3) is 0.800. The van der Waals surface area contributed by atoms with Gasteiger partial charge in [0.05, 0.1) is 6.04 Å². The molecule has 3 heteroatoms. The third-order valence-electron chi connectivity index (χ3n) is 1.65. The summed E-state index contributed by atoms with van der Waals surface area (Å²) in [5.74, 6) is 2.64. The van der Waals surface area contributed by atoms with Crippen LogP contribution in [0, 0.1) is 12.3 Å². The van der Waals surface area contributed by atoms with Crippen molar-refractivity contribution < 1.29 is 8.85 Å². The highest BCUT2D eigenvalue weighted by Gasteiger charge is 2.29. The van der Waals surface area contributed by atoms with Crippen LogP contribution in [0.1, 0.15) is 26.7 Å². The van der Waals surface area contributed by atoms with Crippen LogP contribution in [0.3, 0.4) is 0 Å². The molecule has 0 aromatic carbocycles. The molecule has 0 aromatic heterocycles. The van der Waals surface area contributed by atoms with Gasteiger partial charge in [-0.1, -0.05) is 13.8 Å². The molecule has 0 radical (unpaired) electrons. The van der Waals surface area contributed by atoms with E-state index in [1.807, 2.05) is 6.55 Å². The number of rotatable bonds is 7. The average Bonchev–Trinajstić information content (AvgIpc) is 2.12. The van der Waals surface area contributed by atoms with Crippen LogP contribution in [-0.2, 0) is 8.85 Å². The van der Waals surface area contributed by atoms with Gasteiger partial charge in [-0.2, -0.15) is 0 Å². The van der Waals surface area contributed by atoms with Crippen LogP contribution in [0.15, 0.2) is 0 Å². The largest absolute Gasteiger partial charge is 0.394 e. The van der Waals surface area contributed by atoms with Crippen molar-refractivity contribution in [1.82, 2.24) is 0 Å². The summed E-state index contributed by atoms with van der Waals surface area (Å²) in [5, 5.41) is 0. The Kier molecular flexibility index (Phi) is 6.97. The number of hydrogen-bond acceptors (Lipinski definition) is 2. The van der Waals surface area contributed by atoms with Gasteiger partial charge in [0.15, 0.2) is 0 Å². The Morgan fingerprint density at radius 1 is 1.15 bits per heavy atom. The second-order valence-electron chi connectivity index (χ2n) is 3.21. The van der Waals surface area contributed by atoms with Crippen LogP contribution in [-0.4, -0.2) is 21.8 Å². The summed E-state index contributed by atoms with van der Waals surface area (Å²) in [6.07, 6.45) is 7.32. The van der Waals surface area contributed by atoms with Crippen molar-refractivity contribution in [3.05, 3.63) is 0 Å². The summed E-state index contributed by atoms with van der Waals surface area (Å²) < 4.78 is 11.4. The van der Waals surface area contributed by atoms with Gasteiger partial charge in [-0.3, -0.25) is 0 Å². The predicted molar refractivity (Wildman–Crippen MR) is 57.7 cm³/mol. The van der Waals surface area contributed by atoms with E-state index in [1.165, 1.54) is 0 Å². The molecule has 0 aliphatic heterocycles. The summed E-state index contributed by atoms with van der Waals surface area (Å²) in [7, 11) is -2.03. The van der Waals surface area contributed by atoms with Gasteiger partial charge < -0.3 is 8.85 Å². The van der Waals surface area contributed by atoms with E-state index in [0.717, 1.165) is 26.1 Å². The molecule has 0 amide bonds. The SMILES string of the molecule is C#CC[Si](C)(OCCC)OCCC. The Balaban J connectivity index is 3.93. The normalized spacial score (nSPS) is 11.2. The molecule has 0 fully saturated rings. The minimum absolute atomic E-state index is 0.646. The minimum Gasteiger partial charge on any atom is -0.394 e. The van der Waals surface area contributed by atoms with E-state index in [0.29, 0.717) is 6.04 Å². The molecule has 2 nitrogen and oxygen atoms in total. The lowest BCUT2D eigenvalue weighted by Gasteiger charge is -2.24. The lowest BCUT2D eigenvalue weighted by molar-refractivity contribution is 0.176. The quantitative estimate of drug-likeness (QED) is 0.464. The lowest BCUT2D eigenvalue weighted by atomic mass is 10.5. The summed E-state index contributed by atoms with van der Waals surface area (Å²) in [6, 6.07) is 0.646. The van der Waals surface area contributed by atoms with E-state index in [4.69, 9.17) is 15.3 Å². The second kappa shape index (κ2) is 7.13. The van der Waals surface area contributed by atoms with E-state index >= 15 is 0 Å². The molecule has 0 heterocycles. The van der Waals surface area contributed by atoms with E-state index < -0.39 is 8.56 Å². The van der Waals surface area contributed by atoms with Crippen molar-refractivity contribution in [3.8, 4) is 12.3 Å². The molecule has 0 saturated carbocycles. The van der Waals surface area contributed by atoms with Crippen molar-refractivity contribution in [1.29, 1.82) is 0 Å².